The molecule has 0 aliphatic heterocycles. The van der Waals surface area contributed by atoms with E-state index >= 15 is 0 Å². The summed E-state index contributed by atoms with van der Waals surface area (Å²) in [6.07, 6.45) is 2.30. The molecule has 0 bridgehead atoms. The number of hydrogen-bond donors (Lipinski definition) is 0. The molecule has 0 N–H and O–H groups in total. The first-order valence-electron chi connectivity index (χ1n) is 8.00. The van der Waals surface area contributed by atoms with Crippen molar-refractivity contribution >= 4 is 10.8 Å². The molecule has 0 saturated carbocycles. The van der Waals surface area contributed by atoms with E-state index in [1.807, 2.05) is 19.1 Å². The lowest BCUT2D eigenvalue weighted by Gasteiger charge is -2.12. The minimum Gasteiger partial charge on any atom is -0.486 e. The average molecular weight is 342 g/mol. The van der Waals surface area contributed by atoms with Gasteiger partial charge in [-0.05, 0) is 35.1 Å². The lowest BCUT2D eigenvalue weighted by Crippen LogP contribution is -1.99. The summed E-state index contributed by atoms with van der Waals surface area (Å²) in [5.41, 5.74) is 1.75. The third-order valence-corrected chi connectivity index (χ3v) is 4.12. The van der Waals surface area contributed by atoms with Crippen LogP contribution in [0.4, 0.5) is 13.2 Å². The summed E-state index contributed by atoms with van der Waals surface area (Å²) in [7, 11) is 0. The predicted octanol–water partition coefficient (Wildman–Crippen LogP) is 6.05. The third-order valence-electron chi connectivity index (χ3n) is 4.12. The van der Waals surface area contributed by atoms with E-state index < -0.39 is 22.8 Å². The highest BCUT2D eigenvalue weighted by Gasteiger charge is 2.20. The number of fused-ring (bicyclic) bond motifs is 1. The molecule has 3 aromatic carbocycles. The molecule has 0 heterocycles. The van der Waals surface area contributed by atoms with Crippen LogP contribution in [0.15, 0.2) is 55.1 Å². The first-order chi connectivity index (χ1) is 12.1. The molecule has 0 saturated heterocycles. The zero-order valence-corrected chi connectivity index (χ0v) is 13.8. The van der Waals surface area contributed by atoms with Crippen LogP contribution in [-0.4, -0.2) is 6.61 Å². The van der Waals surface area contributed by atoms with Gasteiger partial charge in [-0.1, -0.05) is 49.9 Å². The molecule has 0 aromatic heterocycles. The van der Waals surface area contributed by atoms with Crippen LogP contribution < -0.4 is 4.74 Å². The number of benzene rings is 3. The standard InChI is InChI=1S/C21H17F3O/c1-3-11-25-17-10-9-15-12-16(14-7-5-13(4-2)6-8-14)19(22)21(24)18(15)20(17)23/h3,5-10,12H,1,4,11H2,2H3. The van der Waals surface area contributed by atoms with Crippen molar-refractivity contribution in [3.63, 3.8) is 0 Å². The first kappa shape index (κ1) is 17.1. The molecule has 4 heteroatoms. The van der Waals surface area contributed by atoms with Crippen molar-refractivity contribution in [3.05, 3.63) is 78.1 Å². The van der Waals surface area contributed by atoms with Crippen LogP contribution in [0.2, 0.25) is 0 Å². The lowest BCUT2D eigenvalue weighted by molar-refractivity contribution is 0.343. The number of hydrogen-bond acceptors (Lipinski definition) is 1. The van der Waals surface area contributed by atoms with E-state index in [1.165, 1.54) is 24.3 Å². The maximum Gasteiger partial charge on any atom is 0.175 e. The van der Waals surface area contributed by atoms with Crippen LogP contribution in [0.25, 0.3) is 21.9 Å². The van der Waals surface area contributed by atoms with Gasteiger partial charge in [0, 0.05) is 5.56 Å². The summed E-state index contributed by atoms with van der Waals surface area (Å²) in [6.45, 7) is 5.57. The molecule has 1 nitrogen and oxygen atoms in total. The maximum atomic E-state index is 14.6. The molecule has 3 aromatic rings. The first-order valence-corrected chi connectivity index (χ1v) is 8.00. The molecule has 128 valence electrons. The van der Waals surface area contributed by atoms with E-state index in [2.05, 4.69) is 6.58 Å². The Morgan fingerprint density at radius 1 is 0.960 bits per heavy atom. The Morgan fingerprint density at radius 2 is 1.68 bits per heavy atom. The van der Waals surface area contributed by atoms with Crippen molar-refractivity contribution in [2.24, 2.45) is 0 Å². The number of ether oxygens (including phenoxy) is 1. The zero-order chi connectivity index (χ0) is 18.0. The SMILES string of the molecule is C=CCOc1ccc2cc(-c3ccc(CC)cc3)c(F)c(F)c2c1F. The molecular formula is C21H17F3O. The Kier molecular flexibility index (Phi) is 4.79. The smallest absolute Gasteiger partial charge is 0.175 e. The van der Waals surface area contributed by atoms with Crippen molar-refractivity contribution in [3.8, 4) is 16.9 Å². The predicted molar refractivity (Wildman–Crippen MR) is 94.3 cm³/mol. The van der Waals surface area contributed by atoms with Crippen molar-refractivity contribution < 1.29 is 17.9 Å². The fourth-order valence-electron chi connectivity index (χ4n) is 2.75. The topological polar surface area (TPSA) is 9.23 Å². The molecule has 0 aliphatic carbocycles. The van der Waals surface area contributed by atoms with E-state index in [0.717, 1.165) is 12.0 Å². The summed E-state index contributed by atoms with van der Waals surface area (Å²) in [4.78, 5) is 0. The van der Waals surface area contributed by atoms with E-state index in [0.29, 0.717) is 5.56 Å². The molecule has 0 radical (unpaired) electrons. The molecule has 25 heavy (non-hydrogen) atoms. The van der Waals surface area contributed by atoms with Gasteiger partial charge < -0.3 is 4.74 Å². The van der Waals surface area contributed by atoms with Crippen LogP contribution in [0.5, 0.6) is 5.75 Å². The van der Waals surface area contributed by atoms with Gasteiger partial charge in [0.05, 0.1) is 5.39 Å². The van der Waals surface area contributed by atoms with Gasteiger partial charge >= 0.3 is 0 Å². The van der Waals surface area contributed by atoms with Gasteiger partial charge in [-0.2, -0.15) is 0 Å². The van der Waals surface area contributed by atoms with Crippen LogP contribution in [0.3, 0.4) is 0 Å². The second-order valence-electron chi connectivity index (χ2n) is 5.68. The average Bonchev–Trinajstić information content (AvgIpc) is 2.64. The third kappa shape index (κ3) is 3.12. The van der Waals surface area contributed by atoms with Crippen LogP contribution in [0.1, 0.15) is 12.5 Å². The van der Waals surface area contributed by atoms with Crippen molar-refractivity contribution in [1.82, 2.24) is 0 Å². The molecular weight excluding hydrogens is 325 g/mol. The van der Waals surface area contributed by atoms with Crippen molar-refractivity contribution in [1.29, 1.82) is 0 Å². The summed E-state index contributed by atoms with van der Waals surface area (Å²) in [5, 5.41) is -0.134. The van der Waals surface area contributed by atoms with E-state index in [1.54, 1.807) is 12.1 Å². The van der Waals surface area contributed by atoms with E-state index in [-0.39, 0.29) is 23.3 Å². The highest BCUT2D eigenvalue weighted by Crippen LogP contribution is 2.35. The second kappa shape index (κ2) is 7.01. The van der Waals surface area contributed by atoms with Gasteiger partial charge in [0.25, 0.3) is 0 Å². The van der Waals surface area contributed by atoms with Crippen molar-refractivity contribution in [2.45, 2.75) is 13.3 Å². The van der Waals surface area contributed by atoms with Gasteiger partial charge in [0.1, 0.15) is 6.61 Å². The molecule has 0 fully saturated rings. The normalized spacial score (nSPS) is 10.9. The fourth-order valence-corrected chi connectivity index (χ4v) is 2.75. The maximum absolute atomic E-state index is 14.6. The highest BCUT2D eigenvalue weighted by molar-refractivity contribution is 5.90. The lowest BCUT2D eigenvalue weighted by atomic mass is 9.98. The Bertz CT molecular complexity index is 930. The quantitative estimate of drug-likeness (QED) is 0.513. The summed E-state index contributed by atoms with van der Waals surface area (Å²) in [5.74, 6) is -3.33. The van der Waals surface area contributed by atoms with Crippen LogP contribution in [-0.2, 0) is 6.42 Å². The minimum atomic E-state index is -1.21. The zero-order valence-electron chi connectivity index (χ0n) is 13.8. The molecule has 0 amide bonds. The van der Waals surface area contributed by atoms with Gasteiger partial charge in [-0.15, -0.1) is 0 Å². The number of aryl methyl sites for hydroxylation is 1. The Hall–Kier alpha value is -2.75. The summed E-state index contributed by atoms with van der Waals surface area (Å²) in [6, 6.07) is 11.6. The minimum absolute atomic E-state index is 0.0778. The summed E-state index contributed by atoms with van der Waals surface area (Å²) < 4.78 is 48.8. The molecule has 0 spiro atoms. The Labute approximate surface area is 144 Å². The van der Waals surface area contributed by atoms with Crippen LogP contribution in [0, 0.1) is 17.5 Å². The molecule has 0 aliphatic rings. The van der Waals surface area contributed by atoms with Gasteiger partial charge in [-0.25, -0.2) is 13.2 Å². The van der Waals surface area contributed by atoms with E-state index in [9.17, 15) is 13.2 Å². The number of halogens is 3. The van der Waals surface area contributed by atoms with Crippen LogP contribution >= 0.6 is 0 Å². The monoisotopic (exact) mass is 342 g/mol. The van der Waals surface area contributed by atoms with Gasteiger partial charge in [-0.3, -0.25) is 0 Å². The van der Waals surface area contributed by atoms with E-state index in [4.69, 9.17) is 4.74 Å². The summed E-state index contributed by atoms with van der Waals surface area (Å²) >= 11 is 0. The molecule has 0 atom stereocenters. The largest absolute Gasteiger partial charge is 0.486 e. The fraction of sp³-hybridized carbons (Fsp3) is 0.143. The highest BCUT2D eigenvalue weighted by atomic mass is 19.2. The van der Waals surface area contributed by atoms with Gasteiger partial charge in [0.2, 0.25) is 0 Å². The Balaban J connectivity index is 2.16. The second-order valence-corrected chi connectivity index (χ2v) is 5.68. The molecule has 0 unspecified atom stereocenters. The number of rotatable bonds is 5. The van der Waals surface area contributed by atoms with Crippen molar-refractivity contribution in [2.75, 3.05) is 6.61 Å². The molecule has 3 rings (SSSR count). The Morgan fingerprint density at radius 3 is 2.32 bits per heavy atom. The van der Waals surface area contributed by atoms with Gasteiger partial charge in [0.15, 0.2) is 23.2 Å².